The normalized spacial score (nSPS) is 11.6. The van der Waals surface area contributed by atoms with Crippen LogP contribution in [0.25, 0.3) is 0 Å². The Bertz CT molecular complexity index is 1000. The molecule has 1 N–H and O–H groups in total. The molecule has 0 saturated carbocycles. The topological polar surface area (TPSA) is 49.4 Å². The fourth-order valence-electron chi connectivity index (χ4n) is 3.42. The van der Waals surface area contributed by atoms with Gasteiger partial charge in [-0.2, -0.15) is 0 Å². The lowest BCUT2D eigenvalue weighted by molar-refractivity contribution is -0.139. The molecule has 0 heterocycles. The molecule has 0 bridgehead atoms. The van der Waals surface area contributed by atoms with Crippen LogP contribution in [0.1, 0.15) is 29.2 Å². The standard InChI is InChI=1S/C26H27FN2O2/c1-19-8-10-22(11-9-19)17-28-26(31)25(16-21-6-4-3-5-7-21)29(20(2)30)18-23-12-14-24(27)15-13-23/h3-15,25H,16-18H2,1-2H3,(H,28,31)/t25-/m0/s1. The first kappa shape index (κ1) is 22.2. The van der Waals surface area contributed by atoms with E-state index in [0.717, 1.165) is 22.3 Å². The highest BCUT2D eigenvalue weighted by Crippen LogP contribution is 2.15. The van der Waals surface area contributed by atoms with Crippen molar-refractivity contribution in [2.24, 2.45) is 0 Å². The lowest BCUT2D eigenvalue weighted by atomic mass is 10.0. The van der Waals surface area contributed by atoms with E-state index in [4.69, 9.17) is 0 Å². The minimum atomic E-state index is -0.685. The molecular formula is C26H27FN2O2. The highest BCUT2D eigenvalue weighted by atomic mass is 19.1. The van der Waals surface area contributed by atoms with Crippen LogP contribution in [-0.2, 0) is 29.1 Å². The second-order valence-electron chi connectivity index (χ2n) is 7.68. The van der Waals surface area contributed by atoms with Crippen molar-refractivity contribution in [2.45, 2.75) is 39.4 Å². The molecule has 0 aromatic heterocycles. The quantitative estimate of drug-likeness (QED) is 0.589. The van der Waals surface area contributed by atoms with Gasteiger partial charge in [0.1, 0.15) is 11.9 Å². The molecule has 3 rings (SSSR count). The fraction of sp³-hybridized carbons (Fsp3) is 0.231. The average Bonchev–Trinajstić information content (AvgIpc) is 2.77. The van der Waals surface area contributed by atoms with Crippen molar-refractivity contribution in [1.82, 2.24) is 10.2 Å². The summed E-state index contributed by atoms with van der Waals surface area (Å²) in [6.07, 6.45) is 0.390. The second kappa shape index (κ2) is 10.5. The second-order valence-corrected chi connectivity index (χ2v) is 7.68. The molecule has 31 heavy (non-hydrogen) atoms. The molecule has 3 aromatic carbocycles. The van der Waals surface area contributed by atoms with Gasteiger partial charge in [-0.3, -0.25) is 9.59 Å². The zero-order valence-corrected chi connectivity index (χ0v) is 17.8. The molecular weight excluding hydrogens is 391 g/mol. The van der Waals surface area contributed by atoms with Gasteiger partial charge in [-0.15, -0.1) is 0 Å². The molecule has 3 aromatic rings. The van der Waals surface area contributed by atoms with Gasteiger partial charge in [0.15, 0.2) is 0 Å². The van der Waals surface area contributed by atoms with E-state index in [1.165, 1.54) is 19.1 Å². The third-order valence-corrected chi connectivity index (χ3v) is 5.21. The van der Waals surface area contributed by atoms with E-state index in [1.54, 1.807) is 17.0 Å². The van der Waals surface area contributed by atoms with Gasteiger partial charge >= 0.3 is 0 Å². The van der Waals surface area contributed by atoms with Gasteiger partial charge in [0.25, 0.3) is 0 Å². The minimum absolute atomic E-state index is 0.212. The highest BCUT2D eigenvalue weighted by molar-refractivity contribution is 5.87. The van der Waals surface area contributed by atoms with Crippen molar-refractivity contribution in [3.63, 3.8) is 0 Å². The molecule has 2 amide bonds. The van der Waals surface area contributed by atoms with Crippen LogP contribution in [0, 0.1) is 12.7 Å². The van der Waals surface area contributed by atoms with Crippen LogP contribution >= 0.6 is 0 Å². The number of hydrogen-bond acceptors (Lipinski definition) is 2. The lowest BCUT2D eigenvalue weighted by Gasteiger charge is -2.30. The van der Waals surface area contributed by atoms with Crippen molar-refractivity contribution in [3.8, 4) is 0 Å². The summed E-state index contributed by atoms with van der Waals surface area (Å²) in [6.45, 7) is 4.07. The SMILES string of the molecule is CC(=O)N(Cc1ccc(F)cc1)[C@@H](Cc1ccccc1)C(=O)NCc1ccc(C)cc1. The van der Waals surface area contributed by atoms with Gasteiger partial charge in [0, 0.05) is 26.4 Å². The predicted octanol–water partition coefficient (Wildman–Crippen LogP) is 4.41. The Morgan fingerprint density at radius 3 is 2.10 bits per heavy atom. The molecule has 5 heteroatoms. The molecule has 0 aliphatic rings. The molecule has 0 saturated heterocycles. The number of rotatable bonds is 8. The molecule has 4 nitrogen and oxygen atoms in total. The average molecular weight is 419 g/mol. The number of carbonyl (C=O) groups excluding carboxylic acids is 2. The van der Waals surface area contributed by atoms with Gasteiger partial charge in [-0.25, -0.2) is 4.39 Å². The van der Waals surface area contributed by atoms with Crippen LogP contribution < -0.4 is 5.32 Å². The van der Waals surface area contributed by atoms with Crippen molar-refractivity contribution in [2.75, 3.05) is 0 Å². The molecule has 0 fully saturated rings. The molecule has 160 valence electrons. The lowest BCUT2D eigenvalue weighted by Crippen LogP contribution is -2.49. The number of aryl methyl sites for hydroxylation is 1. The molecule has 0 radical (unpaired) electrons. The zero-order valence-electron chi connectivity index (χ0n) is 17.8. The predicted molar refractivity (Wildman–Crippen MR) is 120 cm³/mol. The fourth-order valence-corrected chi connectivity index (χ4v) is 3.42. The minimum Gasteiger partial charge on any atom is -0.350 e. The number of nitrogens with one attached hydrogen (secondary N) is 1. The Kier molecular flexibility index (Phi) is 7.55. The van der Waals surface area contributed by atoms with E-state index in [-0.39, 0.29) is 24.2 Å². The van der Waals surface area contributed by atoms with Crippen molar-refractivity contribution >= 4 is 11.8 Å². The first-order valence-electron chi connectivity index (χ1n) is 10.3. The number of halogens is 1. The third kappa shape index (κ3) is 6.51. The monoisotopic (exact) mass is 418 g/mol. The number of amides is 2. The summed E-state index contributed by atoms with van der Waals surface area (Å²) in [4.78, 5) is 27.3. The Labute approximate surface area is 182 Å². The molecule has 0 unspecified atom stereocenters. The molecule has 1 atom stereocenters. The van der Waals surface area contributed by atoms with Gasteiger partial charge in [-0.1, -0.05) is 72.3 Å². The van der Waals surface area contributed by atoms with E-state index in [0.29, 0.717) is 13.0 Å². The van der Waals surface area contributed by atoms with E-state index in [1.807, 2.05) is 61.5 Å². The Hall–Kier alpha value is -3.47. The largest absolute Gasteiger partial charge is 0.350 e. The van der Waals surface area contributed by atoms with Crippen LogP contribution in [0.5, 0.6) is 0 Å². The van der Waals surface area contributed by atoms with E-state index in [2.05, 4.69) is 5.32 Å². The summed E-state index contributed by atoms with van der Waals surface area (Å²) in [5.41, 5.74) is 3.87. The van der Waals surface area contributed by atoms with E-state index < -0.39 is 6.04 Å². The Morgan fingerprint density at radius 2 is 1.48 bits per heavy atom. The van der Waals surface area contributed by atoms with Crippen LogP contribution in [-0.4, -0.2) is 22.8 Å². The summed E-state index contributed by atoms with van der Waals surface area (Å²) >= 11 is 0. The maximum absolute atomic E-state index is 13.3. The molecule has 0 aliphatic carbocycles. The van der Waals surface area contributed by atoms with Crippen LogP contribution in [0.3, 0.4) is 0 Å². The van der Waals surface area contributed by atoms with Gasteiger partial charge < -0.3 is 10.2 Å². The van der Waals surface area contributed by atoms with Gasteiger partial charge in [0.05, 0.1) is 0 Å². The maximum Gasteiger partial charge on any atom is 0.243 e. The van der Waals surface area contributed by atoms with Crippen LogP contribution in [0.2, 0.25) is 0 Å². The number of carbonyl (C=O) groups is 2. The van der Waals surface area contributed by atoms with Gasteiger partial charge in [0.2, 0.25) is 11.8 Å². The van der Waals surface area contributed by atoms with Crippen molar-refractivity contribution in [1.29, 1.82) is 0 Å². The summed E-state index contributed by atoms with van der Waals surface area (Å²) in [5.74, 6) is -0.771. The summed E-state index contributed by atoms with van der Waals surface area (Å²) in [6, 6.07) is 22.9. The van der Waals surface area contributed by atoms with E-state index in [9.17, 15) is 14.0 Å². The first-order chi connectivity index (χ1) is 14.9. The number of benzene rings is 3. The summed E-state index contributed by atoms with van der Waals surface area (Å²) in [5, 5.41) is 2.98. The highest BCUT2D eigenvalue weighted by Gasteiger charge is 2.28. The number of nitrogens with zero attached hydrogens (tertiary/aromatic N) is 1. The first-order valence-corrected chi connectivity index (χ1v) is 10.3. The number of hydrogen-bond donors (Lipinski definition) is 1. The van der Waals surface area contributed by atoms with Crippen molar-refractivity contribution < 1.29 is 14.0 Å². The van der Waals surface area contributed by atoms with Crippen LogP contribution in [0.4, 0.5) is 4.39 Å². The van der Waals surface area contributed by atoms with Gasteiger partial charge in [-0.05, 0) is 35.7 Å². The summed E-state index contributed by atoms with van der Waals surface area (Å²) < 4.78 is 13.3. The molecule has 0 aliphatic heterocycles. The van der Waals surface area contributed by atoms with E-state index >= 15 is 0 Å². The van der Waals surface area contributed by atoms with Crippen molar-refractivity contribution in [3.05, 3.63) is 107 Å². The Morgan fingerprint density at radius 1 is 0.871 bits per heavy atom. The summed E-state index contributed by atoms with van der Waals surface area (Å²) in [7, 11) is 0. The Balaban J connectivity index is 1.81. The maximum atomic E-state index is 13.3. The zero-order chi connectivity index (χ0) is 22.2. The molecule has 0 spiro atoms. The smallest absolute Gasteiger partial charge is 0.243 e. The van der Waals surface area contributed by atoms with Crippen LogP contribution in [0.15, 0.2) is 78.9 Å². The third-order valence-electron chi connectivity index (χ3n) is 5.21.